The van der Waals surface area contributed by atoms with Crippen molar-refractivity contribution in [1.82, 2.24) is 4.98 Å². The molecule has 3 heteroatoms. The van der Waals surface area contributed by atoms with Gasteiger partial charge in [-0.1, -0.05) is 32.9 Å². The van der Waals surface area contributed by atoms with Gasteiger partial charge in [-0.2, -0.15) is 0 Å². The van der Waals surface area contributed by atoms with Gasteiger partial charge in [0, 0.05) is 6.92 Å². The molecule has 0 spiro atoms. The minimum absolute atomic E-state index is 0.0484. The largest absolute Gasteiger partial charge is 0.456 e. The molecule has 0 amide bonds. The van der Waals surface area contributed by atoms with Gasteiger partial charge in [-0.05, 0) is 41.7 Å². The van der Waals surface area contributed by atoms with Crippen LogP contribution in [0, 0.1) is 0 Å². The first-order valence-electron chi connectivity index (χ1n) is 7.18. The highest BCUT2D eigenvalue weighted by Gasteiger charge is 2.17. The van der Waals surface area contributed by atoms with Crippen molar-refractivity contribution in [1.29, 1.82) is 0 Å². The molecule has 2 aromatic rings. The molecule has 1 aromatic carbocycles. The molecule has 0 aliphatic carbocycles. The van der Waals surface area contributed by atoms with Crippen molar-refractivity contribution in [3.05, 3.63) is 53.9 Å². The standard InChI is InChI=1S/C18H21NO2/c1-5-18(3,4)14-6-8-15(9-7-14)21-16-10-11-17(13(2)20)19-12-16/h6-12H,5H2,1-4H3. The zero-order valence-corrected chi connectivity index (χ0v) is 13.0. The second-order valence-electron chi connectivity index (χ2n) is 5.80. The van der Waals surface area contributed by atoms with Gasteiger partial charge in [0.1, 0.15) is 17.2 Å². The van der Waals surface area contributed by atoms with Crippen LogP contribution in [0.3, 0.4) is 0 Å². The number of carbonyl (C=O) groups excluding carboxylic acids is 1. The molecule has 0 fully saturated rings. The maximum atomic E-state index is 11.2. The van der Waals surface area contributed by atoms with Crippen LogP contribution in [0.25, 0.3) is 0 Å². The van der Waals surface area contributed by atoms with E-state index < -0.39 is 0 Å². The van der Waals surface area contributed by atoms with Crippen molar-refractivity contribution in [3.8, 4) is 11.5 Å². The highest BCUT2D eigenvalue weighted by atomic mass is 16.5. The average Bonchev–Trinajstić information content (AvgIpc) is 2.48. The Morgan fingerprint density at radius 2 is 1.71 bits per heavy atom. The third-order valence-corrected chi connectivity index (χ3v) is 3.85. The quantitative estimate of drug-likeness (QED) is 0.742. The van der Waals surface area contributed by atoms with Crippen molar-refractivity contribution in [2.45, 2.75) is 39.5 Å². The van der Waals surface area contributed by atoms with E-state index in [1.165, 1.54) is 12.5 Å². The molecule has 110 valence electrons. The third kappa shape index (κ3) is 3.69. The third-order valence-electron chi connectivity index (χ3n) is 3.85. The number of hydrogen-bond donors (Lipinski definition) is 0. The SMILES string of the molecule is CCC(C)(C)c1ccc(Oc2ccc(C(C)=O)nc2)cc1. The van der Waals surface area contributed by atoms with E-state index >= 15 is 0 Å². The number of ether oxygens (including phenoxy) is 1. The smallest absolute Gasteiger partial charge is 0.178 e. The molecule has 21 heavy (non-hydrogen) atoms. The summed E-state index contributed by atoms with van der Waals surface area (Å²) >= 11 is 0. The van der Waals surface area contributed by atoms with E-state index in [0.29, 0.717) is 11.4 Å². The summed E-state index contributed by atoms with van der Waals surface area (Å²) in [5.41, 5.74) is 1.91. The molecule has 0 bridgehead atoms. The zero-order valence-electron chi connectivity index (χ0n) is 13.0. The summed E-state index contributed by atoms with van der Waals surface area (Å²) in [5, 5.41) is 0. The fourth-order valence-electron chi connectivity index (χ4n) is 1.96. The molecule has 0 unspecified atom stereocenters. The van der Waals surface area contributed by atoms with Gasteiger partial charge in [0.25, 0.3) is 0 Å². The Balaban J connectivity index is 2.11. The van der Waals surface area contributed by atoms with Crippen LogP contribution >= 0.6 is 0 Å². The maximum Gasteiger partial charge on any atom is 0.178 e. The van der Waals surface area contributed by atoms with E-state index in [-0.39, 0.29) is 11.2 Å². The molecule has 2 rings (SSSR count). The summed E-state index contributed by atoms with van der Waals surface area (Å²) in [5.74, 6) is 1.35. The number of aromatic nitrogens is 1. The lowest BCUT2D eigenvalue weighted by atomic mass is 9.82. The van der Waals surface area contributed by atoms with E-state index in [4.69, 9.17) is 4.74 Å². The van der Waals surface area contributed by atoms with Crippen LogP contribution in [0.2, 0.25) is 0 Å². The minimum Gasteiger partial charge on any atom is -0.456 e. The number of rotatable bonds is 5. The lowest BCUT2D eigenvalue weighted by molar-refractivity contribution is 0.101. The predicted octanol–water partition coefficient (Wildman–Crippen LogP) is 4.76. The summed E-state index contributed by atoms with van der Waals surface area (Å²) in [6.45, 7) is 8.14. The number of carbonyl (C=O) groups is 1. The Labute approximate surface area is 126 Å². The Morgan fingerprint density at radius 3 is 2.19 bits per heavy atom. The van der Waals surface area contributed by atoms with Crippen LogP contribution < -0.4 is 4.74 Å². The minimum atomic E-state index is -0.0484. The Morgan fingerprint density at radius 1 is 1.10 bits per heavy atom. The monoisotopic (exact) mass is 283 g/mol. The van der Waals surface area contributed by atoms with Gasteiger partial charge < -0.3 is 4.74 Å². The Hall–Kier alpha value is -2.16. The van der Waals surface area contributed by atoms with E-state index in [0.717, 1.165) is 12.2 Å². The van der Waals surface area contributed by atoms with Crippen molar-refractivity contribution in [2.24, 2.45) is 0 Å². The van der Waals surface area contributed by atoms with E-state index in [2.05, 4.69) is 37.9 Å². The number of nitrogens with zero attached hydrogens (tertiary/aromatic N) is 1. The molecule has 3 nitrogen and oxygen atoms in total. The van der Waals surface area contributed by atoms with Crippen LogP contribution in [-0.2, 0) is 5.41 Å². The molecular formula is C18H21NO2. The van der Waals surface area contributed by atoms with Gasteiger partial charge in [-0.25, -0.2) is 4.98 Å². The Kier molecular flexibility index (Phi) is 4.41. The number of Topliss-reactive ketones (excluding diaryl/α,β-unsaturated/α-hetero) is 1. The molecule has 0 saturated heterocycles. The fourth-order valence-corrected chi connectivity index (χ4v) is 1.96. The maximum absolute atomic E-state index is 11.2. The lowest BCUT2D eigenvalue weighted by Crippen LogP contribution is -2.14. The first kappa shape index (κ1) is 15.2. The van der Waals surface area contributed by atoms with Crippen LogP contribution in [0.4, 0.5) is 0 Å². The second-order valence-corrected chi connectivity index (χ2v) is 5.80. The van der Waals surface area contributed by atoms with Gasteiger partial charge in [-0.15, -0.1) is 0 Å². The molecular weight excluding hydrogens is 262 g/mol. The first-order valence-corrected chi connectivity index (χ1v) is 7.18. The van der Waals surface area contributed by atoms with E-state index in [1.807, 2.05) is 12.1 Å². The van der Waals surface area contributed by atoms with E-state index in [9.17, 15) is 4.79 Å². The molecule has 0 aliphatic rings. The summed E-state index contributed by atoms with van der Waals surface area (Å²) in [7, 11) is 0. The topological polar surface area (TPSA) is 39.2 Å². The normalized spacial score (nSPS) is 11.2. The van der Waals surface area contributed by atoms with Crippen molar-refractivity contribution in [2.75, 3.05) is 0 Å². The molecule has 0 radical (unpaired) electrons. The summed E-state index contributed by atoms with van der Waals surface area (Å²) in [4.78, 5) is 15.2. The van der Waals surface area contributed by atoms with Crippen molar-refractivity contribution >= 4 is 5.78 Å². The van der Waals surface area contributed by atoms with E-state index in [1.54, 1.807) is 18.3 Å². The highest BCUT2D eigenvalue weighted by molar-refractivity contribution is 5.92. The number of hydrogen-bond acceptors (Lipinski definition) is 3. The fraction of sp³-hybridized carbons (Fsp3) is 0.333. The number of benzene rings is 1. The van der Waals surface area contributed by atoms with Crippen LogP contribution in [0.1, 0.15) is 50.2 Å². The molecule has 1 heterocycles. The van der Waals surface area contributed by atoms with Crippen molar-refractivity contribution in [3.63, 3.8) is 0 Å². The number of ketones is 1. The zero-order chi connectivity index (χ0) is 15.5. The van der Waals surface area contributed by atoms with Crippen LogP contribution in [0.15, 0.2) is 42.6 Å². The highest BCUT2D eigenvalue weighted by Crippen LogP contribution is 2.29. The van der Waals surface area contributed by atoms with Crippen LogP contribution in [0.5, 0.6) is 11.5 Å². The second kappa shape index (κ2) is 6.08. The van der Waals surface area contributed by atoms with Gasteiger partial charge in [-0.3, -0.25) is 4.79 Å². The van der Waals surface area contributed by atoms with Gasteiger partial charge in [0.05, 0.1) is 6.20 Å². The van der Waals surface area contributed by atoms with Crippen molar-refractivity contribution < 1.29 is 9.53 Å². The van der Waals surface area contributed by atoms with Gasteiger partial charge in [0.2, 0.25) is 0 Å². The molecule has 0 atom stereocenters. The number of pyridine rings is 1. The lowest BCUT2D eigenvalue weighted by Gasteiger charge is -2.23. The average molecular weight is 283 g/mol. The molecule has 0 aliphatic heterocycles. The van der Waals surface area contributed by atoms with Crippen LogP contribution in [-0.4, -0.2) is 10.8 Å². The first-order chi connectivity index (χ1) is 9.92. The summed E-state index contributed by atoms with van der Waals surface area (Å²) in [6, 6.07) is 11.5. The van der Waals surface area contributed by atoms with Gasteiger partial charge >= 0.3 is 0 Å². The summed E-state index contributed by atoms with van der Waals surface area (Å²) in [6.07, 6.45) is 2.66. The molecule has 1 aromatic heterocycles. The van der Waals surface area contributed by atoms with Gasteiger partial charge in [0.15, 0.2) is 5.78 Å². The molecule has 0 N–H and O–H groups in total. The Bertz CT molecular complexity index is 613. The summed E-state index contributed by atoms with van der Waals surface area (Å²) < 4.78 is 5.74. The predicted molar refractivity (Wildman–Crippen MR) is 84.1 cm³/mol. The molecule has 0 saturated carbocycles.